The Labute approximate surface area is 112 Å². The van der Waals surface area contributed by atoms with Crippen LogP contribution in [0, 0.1) is 0 Å². The van der Waals surface area contributed by atoms with Crippen LogP contribution in [-0.2, 0) is 9.84 Å². The highest BCUT2D eigenvalue weighted by Crippen LogP contribution is 2.14. The summed E-state index contributed by atoms with van der Waals surface area (Å²) < 4.78 is 22.0. The number of aromatic nitrogens is 1. The van der Waals surface area contributed by atoms with Gasteiger partial charge in [-0.1, -0.05) is 0 Å². The predicted octanol–water partition coefficient (Wildman–Crippen LogP) is -0.0798. The molecule has 0 saturated heterocycles. The van der Waals surface area contributed by atoms with E-state index in [1.165, 1.54) is 12.3 Å². The number of hydrogen-bond acceptors (Lipinski definition) is 6. The zero-order valence-corrected chi connectivity index (χ0v) is 11.9. The number of carbonyl (C=O) groups excluding carboxylic acids is 1. The third-order valence-corrected chi connectivity index (χ3v) is 4.99. The van der Waals surface area contributed by atoms with Crippen LogP contribution in [0.3, 0.4) is 0 Å². The number of nitrogens with two attached hydrogens (primary N) is 1. The summed E-state index contributed by atoms with van der Waals surface area (Å²) in [6.07, 6.45) is 2.57. The molecule has 0 radical (unpaired) electrons. The van der Waals surface area contributed by atoms with Crippen LogP contribution in [0.25, 0.3) is 0 Å². The molecule has 1 aromatic rings. The number of anilines is 1. The van der Waals surface area contributed by atoms with Gasteiger partial charge in [0.15, 0.2) is 9.84 Å². The van der Waals surface area contributed by atoms with E-state index in [1.54, 1.807) is 19.9 Å². The fraction of sp³-hybridized carbons (Fsp3) is 0.455. The van der Waals surface area contributed by atoms with Gasteiger partial charge in [-0.15, -0.1) is 0 Å². The first kappa shape index (κ1) is 15.4. The summed E-state index contributed by atoms with van der Waals surface area (Å²) in [7, 11) is -3.26. The normalized spacial score (nSPS) is 12.0. The summed E-state index contributed by atoms with van der Waals surface area (Å²) in [6, 6.07) is 3.08. The van der Waals surface area contributed by atoms with Crippen molar-refractivity contribution < 1.29 is 13.2 Å². The molecule has 0 aromatic carbocycles. The van der Waals surface area contributed by atoms with E-state index >= 15 is 0 Å². The van der Waals surface area contributed by atoms with Gasteiger partial charge in [0.1, 0.15) is 5.69 Å². The van der Waals surface area contributed by atoms with Gasteiger partial charge in [0, 0.05) is 19.0 Å². The Balaban J connectivity index is 2.76. The molecule has 0 fully saturated rings. The van der Waals surface area contributed by atoms with E-state index in [9.17, 15) is 13.2 Å². The van der Waals surface area contributed by atoms with Crippen molar-refractivity contribution >= 4 is 21.4 Å². The predicted molar refractivity (Wildman–Crippen MR) is 73.3 cm³/mol. The molecule has 7 nitrogen and oxygen atoms in total. The number of nitrogens with zero attached hydrogens (tertiary/aromatic N) is 1. The minimum atomic E-state index is -3.26. The number of hydrazine groups is 1. The molecule has 8 heteroatoms. The van der Waals surface area contributed by atoms with E-state index in [0.717, 1.165) is 6.26 Å². The van der Waals surface area contributed by atoms with Gasteiger partial charge >= 0.3 is 0 Å². The lowest BCUT2D eigenvalue weighted by Crippen LogP contribution is -2.43. The average Bonchev–Trinajstić information content (AvgIpc) is 2.34. The maximum atomic E-state index is 11.8. The average molecular weight is 286 g/mol. The molecule has 1 aromatic heterocycles. The molecule has 0 aliphatic rings. The Morgan fingerprint density at radius 2 is 2.11 bits per heavy atom. The van der Waals surface area contributed by atoms with Gasteiger partial charge in [-0.2, -0.15) is 0 Å². The van der Waals surface area contributed by atoms with E-state index < -0.39 is 20.5 Å². The van der Waals surface area contributed by atoms with Crippen LogP contribution in [-0.4, -0.2) is 36.9 Å². The van der Waals surface area contributed by atoms with E-state index in [4.69, 9.17) is 5.84 Å². The second-order valence-electron chi connectivity index (χ2n) is 4.79. The molecule has 4 N–H and O–H groups in total. The highest BCUT2D eigenvalue weighted by Gasteiger charge is 2.30. The van der Waals surface area contributed by atoms with Crippen LogP contribution in [0.15, 0.2) is 18.3 Å². The molecular formula is C11H18N4O3S. The first-order valence-electron chi connectivity index (χ1n) is 5.58. The number of nitrogen functional groups attached to an aromatic ring is 1. The van der Waals surface area contributed by atoms with Gasteiger partial charge < -0.3 is 10.7 Å². The molecule has 1 amide bonds. The van der Waals surface area contributed by atoms with Crippen LogP contribution in [0.4, 0.5) is 5.69 Å². The van der Waals surface area contributed by atoms with Crippen molar-refractivity contribution in [2.75, 3.05) is 18.2 Å². The van der Waals surface area contributed by atoms with Gasteiger partial charge in [0.05, 0.1) is 10.4 Å². The smallest absolute Gasteiger partial charge is 0.270 e. The Kier molecular flexibility index (Phi) is 4.48. The number of nitrogens with one attached hydrogen (secondary N) is 2. The SMILES string of the molecule is CC(C)(CNC(=O)c1cc(NN)ccn1)S(C)(=O)=O. The Morgan fingerprint density at radius 1 is 1.47 bits per heavy atom. The van der Waals surface area contributed by atoms with Crippen molar-refractivity contribution in [3.63, 3.8) is 0 Å². The van der Waals surface area contributed by atoms with Gasteiger partial charge in [0.25, 0.3) is 5.91 Å². The summed E-state index contributed by atoms with van der Waals surface area (Å²) >= 11 is 0. The largest absolute Gasteiger partial charge is 0.349 e. The topological polar surface area (TPSA) is 114 Å². The number of rotatable bonds is 5. The Hall–Kier alpha value is -1.67. The minimum absolute atomic E-state index is 0.00658. The van der Waals surface area contributed by atoms with Crippen LogP contribution < -0.4 is 16.6 Å². The Morgan fingerprint density at radius 3 is 2.63 bits per heavy atom. The molecule has 0 spiro atoms. The third kappa shape index (κ3) is 3.90. The first-order valence-corrected chi connectivity index (χ1v) is 7.47. The van der Waals surface area contributed by atoms with Gasteiger partial charge in [0.2, 0.25) is 0 Å². The molecular weight excluding hydrogens is 268 g/mol. The number of carbonyl (C=O) groups is 1. The maximum absolute atomic E-state index is 11.8. The van der Waals surface area contributed by atoms with Crippen molar-refractivity contribution in [3.05, 3.63) is 24.0 Å². The van der Waals surface area contributed by atoms with Crippen LogP contribution in [0.2, 0.25) is 0 Å². The molecule has 0 bridgehead atoms. The summed E-state index contributed by atoms with van der Waals surface area (Å²) in [6.45, 7) is 3.11. The van der Waals surface area contributed by atoms with Crippen molar-refractivity contribution in [3.8, 4) is 0 Å². The lowest BCUT2D eigenvalue weighted by atomic mass is 10.2. The molecule has 0 aliphatic heterocycles. The molecule has 19 heavy (non-hydrogen) atoms. The summed E-state index contributed by atoms with van der Waals surface area (Å²) in [5.41, 5.74) is 3.11. The quantitative estimate of drug-likeness (QED) is 0.515. The molecule has 0 aliphatic carbocycles. The monoisotopic (exact) mass is 286 g/mol. The van der Waals surface area contributed by atoms with Crippen molar-refractivity contribution in [1.82, 2.24) is 10.3 Å². The number of pyridine rings is 1. The second-order valence-corrected chi connectivity index (χ2v) is 7.44. The van der Waals surface area contributed by atoms with Gasteiger partial charge in [-0.25, -0.2) is 8.42 Å². The molecule has 0 saturated carbocycles. The zero-order valence-electron chi connectivity index (χ0n) is 11.1. The van der Waals surface area contributed by atoms with Gasteiger partial charge in [-0.05, 0) is 26.0 Å². The van der Waals surface area contributed by atoms with Crippen LogP contribution in [0.1, 0.15) is 24.3 Å². The molecule has 1 heterocycles. The fourth-order valence-electron chi connectivity index (χ4n) is 1.16. The number of hydrogen-bond donors (Lipinski definition) is 3. The summed E-state index contributed by atoms with van der Waals surface area (Å²) in [4.78, 5) is 15.7. The third-order valence-electron chi connectivity index (χ3n) is 2.84. The van der Waals surface area contributed by atoms with Crippen molar-refractivity contribution in [2.24, 2.45) is 5.84 Å². The number of sulfone groups is 1. The maximum Gasteiger partial charge on any atom is 0.270 e. The molecule has 1 rings (SSSR count). The highest BCUT2D eigenvalue weighted by atomic mass is 32.2. The summed E-state index contributed by atoms with van der Waals surface area (Å²) in [5, 5.41) is 2.55. The Bertz CT molecular complexity index is 569. The second kappa shape index (κ2) is 5.54. The van der Waals surface area contributed by atoms with Crippen LogP contribution >= 0.6 is 0 Å². The highest BCUT2D eigenvalue weighted by molar-refractivity contribution is 7.92. The number of amides is 1. The molecule has 106 valence electrons. The first-order chi connectivity index (χ1) is 8.67. The van der Waals surface area contributed by atoms with E-state index in [2.05, 4.69) is 15.7 Å². The lowest BCUT2D eigenvalue weighted by molar-refractivity contribution is 0.0945. The van der Waals surface area contributed by atoms with Crippen LogP contribution in [0.5, 0.6) is 0 Å². The minimum Gasteiger partial charge on any atom is -0.349 e. The van der Waals surface area contributed by atoms with Crippen molar-refractivity contribution in [1.29, 1.82) is 0 Å². The van der Waals surface area contributed by atoms with E-state index in [1.807, 2.05) is 0 Å². The summed E-state index contributed by atoms with van der Waals surface area (Å²) in [5.74, 6) is 4.78. The molecule has 0 atom stereocenters. The van der Waals surface area contributed by atoms with E-state index in [-0.39, 0.29) is 12.2 Å². The van der Waals surface area contributed by atoms with Crippen molar-refractivity contribution in [2.45, 2.75) is 18.6 Å². The van der Waals surface area contributed by atoms with E-state index in [0.29, 0.717) is 5.69 Å². The zero-order chi connectivity index (χ0) is 14.7. The van der Waals surface area contributed by atoms with Gasteiger partial charge in [-0.3, -0.25) is 15.6 Å². The lowest BCUT2D eigenvalue weighted by Gasteiger charge is -2.22. The fourth-order valence-corrected chi connectivity index (χ4v) is 1.49. The molecule has 0 unspecified atom stereocenters. The standard InChI is InChI=1S/C11H18N4O3S/c1-11(2,19(3,17)18)7-14-10(16)9-6-8(15-12)4-5-13-9/h4-6H,7,12H2,1-3H3,(H,13,15)(H,14,16).